The molecule has 0 aromatic carbocycles. The Morgan fingerprint density at radius 3 is 2.75 bits per heavy atom. The first-order chi connectivity index (χ1) is 17.1. The summed E-state index contributed by atoms with van der Waals surface area (Å²) in [5, 5.41) is 19.0. The number of ketones is 1. The van der Waals surface area contributed by atoms with Crippen molar-refractivity contribution in [2.24, 2.45) is 4.99 Å². The summed E-state index contributed by atoms with van der Waals surface area (Å²) in [5.41, 5.74) is 2.42. The van der Waals surface area contributed by atoms with Gasteiger partial charge in [-0.3, -0.25) is 15.4 Å². The van der Waals surface area contributed by atoms with Gasteiger partial charge in [0, 0.05) is 17.9 Å². The molecule has 2 aliphatic heterocycles. The first-order valence-corrected chi connectivity index (χ1v) is 11.4. The van der Waals surface area contributed by atoms with Crippen LogP contribution in [-0.2, 0) is 16.6 Å². The zero-order valence-electron chi connectivity index (χ0n) is 20.0. The van der Waals surface area contributed by atoms with Crippen molar-refractivity contribution < 1.29 is 24.0 Å². The van der Waals surface area contributed by atoms with Gasteiger partial charge in [-0.2, -0.15) is 0 Å². The Morgan fingerprint density at radius 2 is 1.97 bits per heavy atom. The molecule has 3 aliphatic rings. The highest BCUT2D eigenvalue weighted by atomic mass is 16.5. The highest BCUT2D eigenvalue weighted by Gasteiger charge is 2.25. The lowest BCUT2D eigenvalue weighted by Gasteiger charge is -2.17. The standard InChI is InChI=1S/C26H25N5O5/c1-26(2,3)21-12-23(31-36-21)30-25(34)29-22-7-4-15-11-18(28-19(15)13-27-22)24(33)20-10-14-8-16(32)5-6-17(9-14)35-20/h5-8,10-13,28,32H,4,9H2,1-3H3,(H2,29,30,31,34). The van der Waals surface area contributed by atoms with Gasteiger partial charge in [-0.05, 0) is 54.0 Å². The Morgan fingerprint density at radius 1 is 1.14 bits per heavy atom. The number of rotatable bonds is 4. The fourth-order valence-electron chi connectivity index (χ4n) is 3.82. The van der Waals surface area contributed by atoms with E-state index in [-0.39, 0.29) is 22.7 Å². The van der Waals surface area contributed by atoms with Crippen LogP contribution in [0.25, 0.3) is 0 Å². The molecule has 10 nitrogen and oxygen atoms in total. The highest BCUT2D eigenvalue weighted by molar-refractivity contribution is 6.07. The molecule has 0 unspecified atom stereocenters. The molecule has 0 saturated carbocycles. The molecule has 0 atom stereocenters. The maximum absolute atomic E-state index is 13.1. The molecule has 5 rings (SSSR count). The SMILES string of the molecule is CC(C)(C)c1cc(NC(=O)NC2=CCc3cc(C(=O)C4=CC5=CC(O)=CC=C(C5)O4)[nH]c3C=N2)no1. The second kappa shape index (κ2) is 8.88. The molecule has 2 amide bonds. The molecule has 2 aromatic heterocycles. The minimum Gasteiger partial charge on any atom is -0.508 e. The van der Waals surface area contributed by atoms with Gasteiger partial charge in [-0.1, -0.05) is 25.9 Å². The van der Waals surface area contributed by atoms with Gasteiger partial charge in [-0.25, -0.2) is 9.79 Å². The summed E-state index contributed by atoms with van der Waals surface area (Å²) in [7, 11) is 0. The normalized spacial score (nSPS) is 16.7. The van der Waals surface area contributed by atoms with Crippen LogP contribution in [0, 0.1) is 0 Å². The average Bonchev–Trinajstić information content (AvgIpc) is 3.38. The van der Waals surface area contributed by atoms with Crippen LogP contribution < -0.4 is 10.6 Å². The van der Waals surface area contributed by atoms with Gasteiger partial charge in [0.25, 0.3) is 0 Å². The Labute approximate surface area is 206 Å². The van der Waals surface area contributed by atoms with Crippen LogP contribution in [0.15, 0.2) is 80.7 Å². The number of amides is 2. The fraction of sp³-hybridized carbons (Fsp3) is 0.231. The Kier molecular flexibility index (Phi) is 5.71. The third kappa shape index (κ3) is 4.92. The molecular formula is C26H25N5O5. The smallest absolute Gasteiger partial charge is 0.326 e. The summed E-state index contributed by atoms with van der Waals surface area (Å²) < 4.78 is 11.0. The number of carbonyl (C=O) groups is 2. The molecule has 2 aromatic rings. The van der Waals surface area contributed by atoms with E-state index in [1.54, 1.807) is 42.7 Å². The molecule has 2 bridgehead atoms. The van der Waals surface area contributed by atoms with Gasteiger partial charge in [0.15, 0.2) is 11.6 Å². The maximum Gasteiger partial charge on any atom is 0.326 e. The zero-order chi connectivity index (χ0) is 25.4. The Bertz CT molecular complexity index is 1440. The molecule has 1 aliphatic carbocycles. The summed E-state index contributed by atoms with van der Waals surface area (Å²) in [4.78, 5) is 32.9. The van der Waals surface area contributed by atoms with E-state index < -0.39 is 6.03 Å². The maximum atomic E-state index is 13.1. The molecule has 10 heteroatoms. The van der Waals surface area contributed by atoms with Crippen molar-refractivity contribution in [1.82, 2.24) is 15.5 Å². The quantitative estimate of drug-likeness (QED) is 0.461. The average molecular weight is 488 g/mol. The van der Waals surface area contributed by atoms with Crippen LogP contribution in [0.1, 0.15) is 54.7 Å². The third-order valence-corrected chi connectivity index (χ3v) is 5.69. The molecule has 4 N–H and O–H groups in total. The molecule has 0 radical (unpaired) electrons. The number of carbonyl (C=O) groups excluding carboxylic acids is 2. The van der Waals surface area contributed by atoms with Crippen LogP contribution in [-0.4, -0.2) is 33.3 Å². The number of H-pyrrole nitrogens is 1. The Balaban J connectivity index is 1.24. The molecule has 36 heavy (non-hydrogen) atoms. The largest absolute Gasteiger partial charge is 0.508 e. The summed E-state index contributed by atoms with van der Waals surface area (Å²) in [5.74, 6) is 1.88. The number of aliphatic hydroxyl groups excluding tert-OH is 1. The first kappa shape index (κ1) is 23.2. The predicted molar refractivity (Wildman–Crippen MR) is 133 cm³/mol. The van der Waals surface area contributed by atoms with Crippen molar-refractivity contribution in [3.8, 4) is 0 Å². The lowest BCUT2D eigenvalue weighted by atomic mass is 9.93. The van der Waals surface area contributed by atoms with Crippen LogP contribution in [0.5, 0.6) is 0 Å². The molecule has 4 heterocycles. The number of ether oxygens (including phenoxy) is 1. The third-order valence-electron chi connectivity index (χ3n) is 5.69. The topological polar surface area (TPSA) is 142 Å². The fourth-order valence-corrected chi connectivity index (χ4v) is 3.82. The summed E-state index contributed by atoms with van der Waals surface area (Å²) in [6, 6.07) is 2.93. The second-order valence-corrected chi connectivity index (χ2v) is 9.64. The van der Waals surface area contributed by atoms with Crippen molar-refractivity contribution in [1.29, 1.82) is 0 Å². The van der Waals surface area contributed by atoms with Crippen LogP contribution in [0.2, 0.25) is 0 Å². The van der Waals surface area contributed by atoms with Gasteiger partial charge in [0.05, 0.1) is 17.6 Å². The van der Waals surface area contributed by atoms with Gasteiger partial charge < -0.3 is 19.4 Å². The number of nitrogens with zero attached hydrogens (tertiary/aromatic N) is 2. The van der Waals surface area contributed by atoms with E-state index >= 15 is 0 Å². The van der Waals surface area contributed by atoms with Crippen molar-refractivity contribution in [3.05, 3.63) is 93.9 Å². The molecule has 0 saturated heterocycles. The van der Waals surface area contributed by atoms with Crippen molar-refractivity contribution in [2.45, 2.75) is 39.0 Å². The minimum atomic E-state index is -0.499. The number of hydrogen-bond donors (Lipinski definition) is 4. The zero-order valence-corrected chi connectivity index (χ0v) is 20.0. The molecular weight excluding hydrogens is 462 g/mol. The van der Waals surface area contributed by atoms with Gasteiger partial charge in [0.1, 0.15) is 23.1 Å². The number of hydrogen-bond acceptors (Lipinski definition) is 7. The number of aliphatic imine (C=N–C) groups is 1. The number of Topliss-reactive ketones (excluding diaryl/α,β-unsaturated/α-hetero) is 1. The number of urea groups is 1. The number of allylic oxidation sites excluding steroid dienone is 7. The number of anilines is 1. The molecule has 184 valence electrons. The van der Waals surface area contributed by atoms with E-state index in [1.807, 2.05) is 20.8 Å². The van der Waals surface area contributed by atoms with E-state index in [2.05, 4.69) is 25.8 Å². The number of aliphatic hydroxyl groups is 1. The lowest BCUT2D eigenvalue weighted by Crippen LogP contribution is -2.27. The minimum absolute atomic E-state index is 0.108. The van der Waals surface area contributed by atoms with E-state index in [1.165, 1.54) is 6.08 Å². The van der Waals surface area contributed by atoms with Crippen LogP contribution in [0.3, 0.4) is 0 Å². The van der Waals surface area contributed by atoms with Gasteiger partial charge in [-0.15, -0.1) is 0 Å². The number of aromatic amines is 1. The van der Waals surface area contributed by atoms with Crippen LogP contribution >= 0.6 is 0 Å². The molecule has 0 spiro atoms. The summed E-state index contributed by atoms with van der Waals surface area (Å²) in [6.07, 6.45) is 10.7. The number of aromatic nitrogens is 2. The van der Waals surface area contributed by atoms with E-state index in [4.69, 9.17) is 9.26 Å². The summed E-state index contributed by atoms with van der Waals surface area (Å²) in [6.45, 7) is 5.96. The van der Waals surface area contributed by atoms with Gasteiger partial charge >= 0.3 is 6.03 Å². The van der Waals surface area contributed by atoms with E-state index in [0.717, 1.165) is 11.1 Å². The first-order valence-electron chi connectivity index (χ1n) is 11.4. The van der Waals surface area contributed by atoms with E-state index in [9.17, 15) is 14.7 Å². The van der Waals surface area contributed by atoms with Crippen molar-refractivity contribution in [3.63, 3.8) is 0 Å². The highest BCUT2D eigenvalue weighted by Crippen LogP contribution is 2.30. The van der Waals surface area contributed by atoms with Crippen molar-refractivity contribution >= 4 is 23.8 Å². The molecule has 0 fully saturated rings. The second-order valence-electron chi connectivity index (χ2n) is 9.64. The monoisotopic (exact) mass is 487 g/mol. The lowest BCUT2D eigenvalue weighted by molar-refractivity contribution is 0.0949. The van der Waals surface area contributed by atoms with Crippen LogP contribution in [0.4, 0.5) is 10.6 Å². The van der Waals surface area contributed by atoms with Gasteiger partial charge in [0.2, 0.25) is 5.78 Å². The summed E-state index contributed by atoms with van der Waals surface area (Å²) >= 11 is 0. The number of fused-ring (bicyclic) bond motifs is 3. The Hall–Kier alpha value is -4.60. The predicted octanol–water partition coefficient (Wildman–Crippen LogP) is 4.69. The van der Waals surface area contributed by atoms with E-state index in [0.29, 0.717) is 47.4 Å². The number of nitrogens with one attached hydrogen (secondary N) is 3. The van der Waals surface area contributed by atoms with Crippen molar-refractivity contribution in [2.75, 3.05) is 5.32 Å².